The maximum absolute atomic E-state index is 11.6. The van der Waals surface area contributed by atoms with Crippen molar-refractivity contribution in [2.45, 2.75) is 37.8 Å². The zero-order valence-electron chi connectivity index (χ0n) is 11.5. The zero-order chi connectivity index (χ0) is 15.1. The van der Waals surface area contributed by atoms with Gasteiger partial charge in [0.1, 0.15) is 6.04 Å². The van der Waals surface area contributed by atoms with Crippen LogP contribution in [0.2, 0.25) is 0 Å². The Morgan fingerprint density at radius 2 is 2.00 bits per heavy atom. The molecule has 8 nitrogen and oxygen atoms in total. The summed E-state index contributed by atoms with van der Waals surface area (Å²) < 4.78 is 0. The zero-order valence-corrected chi connectivity index (χ0v) is 11.5. The Hall–Kier alpha value is -1.83. The Morgan fingerprint density at radius 1 is 1.30 bits per heavy atom. The number of likely N-dealkylation sites (tertiary alicyclic amines) is 1. The Kier molecular flexibility index (Phi) is 6.23. The molecule has 4 N–H and O–H groups in total. The van der Waals surface area contributed by atoms with Crippen molar-refractivity contribution in [3.05, 3.63) is 0 Å². The van der Waals surface area contributed by atoms with Gasteiger partial charge in [-0.1, -0.05) is 6.42 Å². The van der Waals surface area contributed by atoms with E-state index in [9.17, 15) is 14.4 Å². The molecule has 0 aliphatic carbocycles. The van der Waals surface area contributed by atoms with Gasteiger partial charge in [0.2, 0.25) is 0 Å². The fourth-order valence-corrected chi connectivity index (χ4v) is 2.20. The van der Waals surface area contributed by atoms with Gasteiger partial charge in [0.05, 0.1) is 6.42 Å². The van der Waals surface area contributed by atoms with Crippen molar-refractivity contribution in [3.8, 4) is 0 Å². The maximum atomic E-state index is 11.6. The highest BCUT2D eigenvalue weighted by Crippen LogP contribution is 2.13. The normalized spacial score (nSPS) is 20.9. The monoisotopic (exact) mass is 287 g/mol. The molecule has 0 aromatic heterocycles. The maximum Gasteiger partial charge on any atom is 0.326 e. The fourth-order valence-electron chi connectivity index (χ4n) is 2.20. The van der Waals surface area contributed by atoms with Gasteiger partial charge in [-0.15, -0.1) is 0 Å². The van der Waals surface area contributed by atoms with Crippen LogP contribution in [0.3, 0.4) is 0 Å². The van der Waals surface area contributed by atoms with Crippen LogP contribution in [0.15, 0.2) is 0 Å². The number of carbonyl (C=O) groups excluding carboxylic acids is 1. The largest absolute Gasteiger partial charge is 0.481 e. The van der Waals surface area contributed by atoms with E-state index >= 15 is 0 Å². The van der Waals surface area contributed by atoms with E-state index in [1.54, 1.807) is 0 Å². The lowest BCUT2D eigenvalue weighted by molar-refractivity contribution is -0.145. The predicted molar refractivity (Wildman–Crippen MR) is 70.5 cm³/mol. The summed E-state index contributed by atoms with van der Waals surface area (Å²) >= 11 is 0. The Labute approximate surface area is 117 Å². The average Bonchev–Trinajstić information content (AvgIpc) is 2.36. The molecule has 8 heteroatoms. The molecule has 0 aromatic rings. The molecule has 114 valence electrons. The number of nitrogens with one attached hydrogen (secondary N) is 2. The third-order valence-electron chi connectivity index (χ3n) is 3.40. The number of rotatable bonds is 6. The smallest absolute Gasteiger partial charge is 0.326 e. The van der Waals surface area contributed by atoms with Crippen molar-refractivity contribution in [1.82, 2.24) is 15.5 Å². The molecular formula is C12H21N3O5. The van der Waals surface area contributed by atoms with Gasteiger partial charge in [0.25, 0.3) is 0 Å². The molecule has 1 rings (SSSR count). The molecule has 0 spiro atoms. The van der Waals surface area contributed by atoms with Crippen molar-refractivity contribution in [3.63, 3.8) is 0 Å². The van der Waals surface area contributed by atoms with E-state index in [1.807, 2.05) is 7.05 Å². The minimum Gasteiger partial charge on any atom is -0.481 e. The number of aliphatic carboxylic acids is 2. The number of urea groups is 1. The third-order valence-corrected chi connectivity index (χ3v) is 3.40. The first kappa shape index (κ1) is 16.2. The summed E-state index contributed by atoms with van der Waals surface area (Å²) in [6.45, 7) is 1.40. The lowest BCUT2D eigenvalue weighted by atomic mass is 10.0. The minimum absolute atomic E-state index is 0.234. The number of hydrogen-bond acceptors (Lipinski definition) is 4. The SMILES string of the molecule is CN1CCCCC1CNC(=O)N[C@@H](CC(=O)O)C(=O)O. The first-order chi connectivity index (χ1) is 9.40. The Balaban J connectivity index is 2.37. The van der Waals surface area contributed by atoms with Crippen molar-refractivity contribution < 1.29 is 24.6 Å². The van der Waals surface area contributed by atoms with Gasteiger partial charge < -0.3 is 25.7 Å². The summed E-state index contributed by atoms with van der Waals surface area (Å²) in [4.78, 5) is 35.1. The van der Waals surface area contributed by atoms with Crippen molar-refractivity contribution >= 4 is 18.0 Å². The third kappa shape index (κ3) is 5.43. The fraction of sp³-hybridized carbons (Fsp3) is 0.750. The van der Waals surface area contributed by atoms with E-state index in [1.165, 1.54) is 0 Å². The first-order valence-corrected chi connectivity index (χ1v) is 6.59. The summed E-state index contributed by atoms with van der Waals surface area (Å²) in [6, 6.07) is -1.84. The lowest BCUT2D eigenvalue weighted by Crippen LogP contribution is -2.51. The molecule has 20 heavy (non-hydrogen) atoms. The molecule has 0 saturated carbocycles. The molecule has 0 radical (unpaired) electrons. The highest BCUT2D eigenvalue weighted by Gasteiger charge is 2.24. The van der Waals surface area contributed by atoms with Crippen LogP contribution in [0.5, 0.6) is 0 Å². The number of amides is 2. The van der Waals surface area contributed by atoms with E-state index in [2.05, 4.69) is 15.5 Å². The van der Waals surface area contributed by atoms with Gasteiger partial charge in [-0.2, -0.15) is 0 Å². The van der Waals surface area contributed by atoms with E-state index in [-0.39, 0.29) is 6.04 Å². The highest BCUT2D eigenvalue weighted by molar-refractivity contribution is 5.86. The first-order valence-electron chi connectivity index (χ1n) is 6.59. The molecule has 1 unspecified atom stereocenters. The number of carboxylic acids is 2. The number of nitrogens with zero attached hydrogens (tertiary/aromatic N) is 1. The van der Waals surface area contributed by atoms with Gasteiger partial charge in [0, 0.05) is 12.6 Å². The number of carbonyl (C=O) groups is 3. The number of carboxylic acid groups (broad SMARTS) is 2. The topological polar surface area (TPSA) is 119 Å². The van der Waals surface area contributed by atoms with Gasteiger partial charge in [-0.3, -0.25) is 4.79 Å². The van der Waals surface area contributed by atoms with E-state index in [0.717, 1.165) is 25.8 Å². The average molecular weight is 287 g/mol. The molecule has 2 atom stereocenters. The minimum atomic E-state index is -1.42. The van der Waals surface area contributed by atoms with Crippen molar-refractivity contribution in [2.75, 3.05) is 20.1 Å². The number of piperidine rings is 1. The van der Waals surface area contributed by atoms with Crippen LogP contribution < -0.4 is 10.6 Å². The standard InChI is InChI=1S/C12H21N3O5/c1-15-5-3-2-4-8(15)7-13-12(20)14-9(11(18)19)6-10(16)17/h8-9H,2-7H2,1H3,(H,16,17)(H,18,19)(H2,13,14,20)/t8?,9-/m0/s1. The summed E-state index contributed by atoms with van der Waals surface area (Å²) in [7, 11) is 1.98. The molecule has 1 aliphatic heterocycles. The summed E-state index contributed by atoms with van der Waals surface area (Å²) in [5.74, 6) is -2.64. The van der Waals surface area contributed by atoms with Crippen LogP contribution in [0.4, 0.5) is 4.79 Å². The summed E-state index contributed by atoms with van der Waals surface area (Å²) in [6.07, 6.45) is 2.58. The molecule has 0 aromatic carbocycles. The Morgan fingerprint density at radius 3 is 2.55 bits per heavy atom. The summed E-state index contributed by atoms with van der Waals surface area (Å²) in [5.41, 5.74) is 0. The summed E-state index contributed by atoms with van der Waals surface area (Å²) in [5, 5.41) is 22.1. The molecular weight excluding hydrogens is 266 g/mol. The van der Waals surface area contributed by atoms with Crippen LogP contribution in [0.25, 0.3) is 0 Å². The molecule has 0 bridgehead atoms. The van der Waals surface area contributed by atoms with Crippen molar-refractivity contribution in [2.24, 2.45) is 0 Å². The van der Waals surface area contributed by atoms with Crippen LogP contribution >= 0.6 is 0 Å². The molecule has 1 saturated heterocycles. The predicted octanol–water partition coefficient (Wildman–Crippen LogP) is -0.302. The van der Waals surface area contributed by atoms with E-state index in [0.29, 0.717) is 6.54 Å². The second-order valence-electron chi connectivity index (χ2n) is 4.97. The lowest BCUT2D eigenvalue weighted by Gasteiger charge is -2.32. The molecule has 1 aliphatic rings. The molecule has 2 amide bonds. The number of likely N-dealkylation sites (N-methyl/N-ethyl adjacent to an activating group) is 1. The van der Waals surface area contributed by atoms with E-state index < -0.39 is 30.4 Å². The Bertz CT molecular complexity index is 374. The van der Waals surface area contributed by atoms with Crippen LogP contribution in [0.1, 0.15) is 25.7 Å². The van der Waals surface area contributed by atoms with Gasteiger partial charge in [-0.05, 0) is 26.4 Å². The van der Waals surface area contributed by atoms with Gasteiger partial charge >= 0.3 is 18.0 Å². The van der Waals surface area contributed by atoms with Crippen LogP contribution in [0, 0.1) is 0 Å². The van der Waals surface area contributed by atoms with Crippen LogP contribution in [-0.2, 0) is 9.59 Å². The molecule has 1 heterocycles. The number of hydrogen-bond donors (Lipinski definition) is 4. The second kappa shape index (κ2) is 7.68. The van der Waals surface area contributed by atoms with Crippen LogP contribution in [-0.4, -0.2) is 65.3 Å². The highest BCUT2D eigenvalue weighted by atomic mass is 16.4. The van der Waals surface area contributed by atoms with Gasteiger partial charge in [-0.25, -0.2) is 9.59 Å². The molecule has 1 fully saturated rings. The van der Waals surface area contributed by atoms with Gasteiger partial charge in [0.15, 0.2) is 0 Å². The van der Waals surface area contributed by atoms with E-state index in [4.69, 9.17) is 10.2 Å². The second-order valence-corrected chi connectivity index (χ2v) is 4.97. The van der Waals surface area contributed by atoms with Crippen molar-refractivity contribution in [1.29, 1.82) is 0 Å². The quantitative estimate of drug-likeness (QED) is 0.532.